The summed E-state index contributed by atoms with van der Waals surface area (Å²) in [6.45, 7) is 0. The van der Waals surface area contributed by atoms with Gasteiger partial charge in [-0.15, -0.1) is 0 Å². The quantitative estimate of drug-likeness (QED) is 0.410. The van der Waals surface area contributed by atoms with Crippen molar-refractivity contribution in [3.05, 3.63) is 63.1 Å². The summed E-state index contributed by atoms with van der Waals surface area (Å²) in [6.07, 6.45) is 2.98. The Balaban J connectivity index is 2.00. The first kappa shape index (κ1) is 19.5. The van der Waals surface area contributed by atoms with E-state index in [2.05, 4.69) is 10.6 Å². The number of carbonyl (C=O) groups is 1. The minimum absolute atomic E-state index is 0.0787. The molecule has 0 saturated carbocycles. The molecule has 0 aromatic heterocycles. The highest BCUT2D eigenvalue weighted by molar-refractivity contribution is 7.80. The van der Waals surface area contributed by atoms with Crippen LogP contribution in [-0.4, -0.2) is 18.1 Å². The molecule has 0 spiro atoms. The van der Waals surface area contributed by atoms with Crippen LogP contribution in [0.25, 0.3) is 6.08 Å². The molecule has 2 rings (SSSR count). The number of para-hydroxylation sites is 1. The molecule has 4 nitrogen and oxygen atoms in total. The maximum Gasteiger partial charge on any atom is 0.250 e. The van der Waals surface area contributed by atoms with E-state index in [0.717, 1.165) is 5.56 Å². The third-order valence-electron chi connectivity index (χ3n) is 3.05. The fourth-order valence-electron chi connectivity index (χ4n) is 1.90. The molecule has 0 radical (unpaired) electrons. The van der Waals surface area contributed by atoms with Crippen LogP contribution in [0, 0.1) is 0 Å². The predicted octanol–water partition coefficient (Wildman–Crippen LogP) is 5.18. The van der Waals surface area contributed by atoms with Crippen molar-refractivity contribution in [2.24, 2.45) is 0 Å². The summed E-state index contributed by atoms with van der Waals surface area (Å²) >= 11 is 22.9. The molecule has 0 aliphatic carbocycles. The van der Waals surface area contributed by atoms with Crippen molar-refractivity contribution in [2.75, 3.05) is 12.4 Å². The van der Waals surface area contributed by atoms with Crippen LogP contribution in [-0.2, 0) is 4.79 Å². The Morgan fingerprint density at radius 3 is 2.52 bits per heavy atom. The monoisotopic (exact) mass is 414 g/mol. The maximum atomic E-state index is 12.0. The molecule has 0 bridgehead atoms. The maximum absolute atomic E-state index is 12.0. The van der Waals surface area contributed by atoms with Gasteiger partial charge in [-0.05, 0) is 36.5 Å². The van der Waals surface area contributed by atoms with Crippen molar-refractivity contribution >= 4 is 69.8 Å². The smallest absolute Gasteiger partial charge is 0.250 e. The third kappa shape index (κ3) is 5.61. The SMILES string of the molecule is COc1ccccc1/C=C/C(=O)NC(=S)Nc1cc(Cl)c(Cl)cc1Cl. The number of nitrogens with one attached hydrogen (secondary N) is 2. The van der Waals surface area contributed by atoms with Gasteiger partial charge in [0.2, 0.25) is 5.91 Å². The number of hydrogen-bond acceptors (Lipinski definition) is 3. The van der Waals surface area contributed by atoms with Gasteiger partial charge in [-0.2, -0.15) is 0 Å². The summed E-state index contributed by atoms with van der Waals surface area (Å²) in [5, 5.41) is 6.36. The second kappa shape index (κ2) is 9.06. The highest BCUT2D eigenvalue weighted by Gasteiger charge is 2.09. The Labute approximate surface area is 165 Å². The summed E-state index contributed by atoms with van der Waals surface area (Å²) in [4.78, 5) is 12.0. The number of carbonyl (C=O) groups excluding carboxylic acids is 1. The fraction of sp³-hybridized carbons (Fsp3) is 0.0588. The molecule has 25 heavy (non-hydrogen) atoms. The van der Waals surface area contributed by atoms with E-state index in [1.807, 2.05) is 18.2 Å². The molecular formula is C17H13Cl3N2O2S. The second-order valence-electron chi connectivity index (χ2n) is 4.76. The molecule has 2 N–H and O–H groups in total. The lowest BCUT2D eigenvalue weighted by molar-refractivity contribution is -0.115. The Morgan fingerprint density at radius 2 is 1.80 bits per heavy atom. The first-order chi connectivity index (χ1) is 11.9. The normalized spacial score (nSPS) is 10.6. The fourth-order valence-corrected chi connectivity index (χ4v) is 2.70. The van der Waals surface area contributed by atoms with Gasteiger partial charge < -0.3 is 10.1 Å². The minimum atomic E-state index is -0.403. The van der Waals surface area contributed by atoms with Crippen LogP contribution in [0.3, 0.4) is 0 Å². The lowest BCUT2D eigenvalue weighted by Crippen LogP contribution is -2.32. The molecule has 2 aromatic rings. The molecular weight excluding hydrogens is 403 g/mol. The molecule has 0 atom stereocenters. The first-order valence-electron chi connectivity index (χ1n) is 6.98. The van der Waals surface area contributed by atoms with Crippen LogP contribution in [0.1, 0.15) is 5.56 Å². The van der Waals surface area contributed by atoms with Crippen molar-refractivity contribution in [3.63, 3.8) is 0 Å². The molecule has 1 amide bonds. The van der Waals surface area contributed by atoms with Gasteiger partial charge in [0.1, 0.15) is 5.75 Å². The van der Waals surface area contributed by atoms with E-state index in [1.165, 1.54) is 18.2 Å². The van der Waals surface area contributed by atoms with E-state index in [4.69, 9.17) is 51.8 Å². The number of anilines is 1. The molecule has 2 aromatic carbocycles. The van der Waals surface area contributed by atoms with Crippen LogP contribution in [0.4, 0.5) is 5.69 Å². The van der Waals surface area contributed by atoms with E-state index in [9.17, 15) is 4.79 Å². The number of benzene rings is 2. The van der Waals surface area contributed by atoms with Gasteiger partial charge in [0.25, 0.3) is 0 Å². The Bertz CT molecular complexity index is 841. The Hall–Kier alpha value is -1.79. The number of methoxy groups -OCH3 is 1. The largest absolute Gasteiger partial charge is 0.496 e. The van der Waals surface area contributed by atoms with Gasteiger partial charge in [-0.1, -0.05) is 53.0 Å². The van der Waals surface area contributed by atoms with E-state index in [1.54, 1.807) is 19.3 Å². The number of rotatable bonds is 4. The number of amides is 1. The molecule has 0 aliphatic rings. The summed E-state index contributed by atoms with van der Waals surface area (Å²) < 4.78 is 5.21. The Morgan fingerprint density at radius 1 is 1.12 bits per heavy atom. The molecule has 0 aliphatic heterocycles. The zero-order valence-electron chi connectivity index (χ0n) is 13.0. The highest BCUT2D eigenvalue weighted by atomic mass is 35.5. The lowest BCUT2D eigenvalue weighted by atomic mass is 10.2. The highest BCUT2D eigenvalue weighted by Crippen LogP contribution is 2.32. The van der Waals surface area contributed by atoms with Crippen molar-refractivity contribution in [2.45, 2.75) is 0 Å². The average molecular weight is 416 g/mol. The van der Waals surface area contributed by atoms with Gasteiger partial charge >= 0.3 is 0 Å². The number of ether oxygens (including phenoxy) is 1. The van der Waals surface area contributed by atoms with Crippen molar-refractivity contribution in [1.82, 2.24) is 5.32 Å². The minimum Gasteiger partial charge on any atom is -0.496 e. The van der Waals surface area contributed by atoms with Gasteiger partial charge in [-0.3, -0.25) is 10.1 Å². The van der Waals surface area contributed by atoms with Crippen molar-refractivity contribution in [1.29, 1.82) is 0 Å². The summed E-state index contributed by atoms with van der Waals surface area (Å²) in [7, 11) is 1.56. The van der Waals surface area contributed by atoms with Gasteiger partial charge in [-0.25, -0.2) is 0 Å². The summed E-state index contributed by atoms with van der Waals surface area (Å²) in [5.74, 6) is 0.259. The van der Waals surface area contributed by atoms with Crippen molar-refractivity contribution < 1.29 is 9.53 Å². The predicted molar refractivity (Wildman–Crippen MR) is 108 cm³/mol. The molecule has 0 saturated heterocycles. The van der Waals surface area contributed by atoms with Gasteiger partial charge in [0, 0.05) is 11.6 Å². The zero-order valence-corrected chi connectivity index (χ0v) is 16.1. The summed E-state index contributed by atoms with van der Waals surface area (Å²) in [6, 6.07) is 10.3. The van der Waals surface area contributed by atoms with Crippen LogP contribution in [0.15, 0.2) is 42.5 Å². The standard InChI is InChI=1S/C17H13Cl3N2O2S/c1-24-15-5-3-2-4-10(15)6-7-16(23)22-17(25)21-14-9-12(19)11(18)8-13(14)20/h2-9H,1H3,(H2,21,22,23,25)/b7-6+. The van der Waals surface area contributed by atoms with E-state index >= 15 is 0 Å². The number of hydrogen-bond donors (Lipinski definition) is 2. The second-order valence-corrected chi connectivity index (χ2v) is 6.39. The van der Waals surface area contributed by atoms with Gasteiger partial charge in [0.05, 0.1) is 27.9 Å². The topological polar surface area (TPSA) is 50.4 Å². The van der Waals surface area contributed by atoms with Crippen LogP contribution in [0.2, 0.25) is 15.1 Å². The van der Waals surface area contributed by atoms with E-state index in [-0.39, 0.29) is 5.11 Å². The number of thiocarbonyl (C=S) groups is 1. The summed E-state index contributed by atoms with van der Waals surface area (Å²) in [5.41, 5.74) is 1.21. The molecule has 8 heteroatoms. The van der Waals surface area contributed by atoms with Crippen LogP contribution in [0.5, 0.6) is 5.75 Å². The Kier molecular flexibility index (Phi) is 7.08. The van der Waals surface area contributed by atoms with Gasteiger partial charge in [0.15, 0.2) is 5.11 Å². The molecule has 0 heterocycles. The van der Waals surface area contributed by atoms with E-state index < -0.39 is 5.91 Å². The lowest BCUT2D eigenvalue weighted by Gasteiger charge is -2.11. The molecule has 0 unspecified atom stereocenters. The average Bonchev–Trinajstić information content (AvgIpc) is 2.58. The van der Waals surface area contributed by atoms with Crippen molar-refractivity contribution in [3.8, 4) is 5.75 Å². The van der Waals surface area contributed by atoms with Crippen LogP contribution >= 0.6 is 47.0 Å². The molecule has 130 valence electrons. The number of halogens is 3. The van der Waals surface area contributed by atoms with E-state index in [0.29, 0.717) is 26.5 Å². The van der Waals surface area contributed by atoms with Crippen LogP contribution < -0.4 is 15.4 Å². The third-order valence-corrected chi connectivity index (χ3v) is 4.29. The zero-order chi connectivity index (χ0) is 18.4. The molecule has 0 fully saturated rings. The first-order valence-corrected chi connectivity index (χ1v) is 8.52.